The number of carbonyl (C=O) groups is 2. The molecule has 9 heteroatoms. The Morgan fingerprint density at radius 1 is 0.949 bits per heavy atom. The van der Waals surface area contributed by atoms with Crippen molar-refractivity contribution in [1.82, 2.24) is 10.2 Å². The Kier molecular flexibility index (Phi) is 10.7. The second-order valence-electron chi connectivity index (χ2n) is 9.64. The lowest BCUT2D eigenvalue weighted by Gasteiger charge is -2.32. The first-order chi connectivity index (χ1) is 18.5. The number of unbranched alkanes of at least 4 members (excludes halogenated alkanes) is 1. The fourth-order valence-corrected chi connectivity index (χ4v) is 5.92. The summed E-state index contributed by atoms with van der Waals surface area (Å²) in [7, 11) is -4.09. The van der Waals surface area contributed by atoms with Crippen molar-refractivity contribution < 1.29 is 18.0 Å². The molecule has 3 aromatic rings. The van der Waals surface area contributed by atoms with Gasteiger partial charge in [-0.3, -0.25) is 13.9 Å². The van der Waals surface area contributed by atoms with Crippen molar-refractivity contribution in [3.05, 3.63) is 94.0 Å². The molecule has 1 atom stereocenters. The number of sulfonamides is 1. The summed E-state index contributed by atoms with van der Waals surface area (Å²) in [5, 5.41) is 2.90. The molecule has 2 amide bonds. The summed E-state index contributed by atoms with van der Waals surface area (Å²) in [6, 6.07) is 20.2. The van der Waals surface area contributed by atoms with Crippen LogP contribution in [0.5, 0.6) is 0 Å². The summed E-state index contributed by atoms with van der Waals surface area (Å²) in [6.07, 6.45) is 1.76. The average molecular weight is 615 g/mol. The van der Waals surface area contributed by atoms with E-state index in [-0.39, 0.29) is 17.3 Å². The Labute approximate surface area is 240 Å². The summed E-state index contributed by atoms with van der Waals surface area (Å²) in [4.78, 5) is 28.5. The first kappa shape index (κ1) is 30.4. The monoisotopic (exact) mass is 613 g/mol. The molecule has 208 valence electrons. The fraction of sp³-hybridized carbons (Fsp3) is 0.333. The maximum atomic E-state index is 13.9. The van der Waals surface area contributed by atoms with Crippen molar-refractivity contribution >= 4 is 43.5 Å². The maximum Gasteiger partial charge on any atom is 0.264 e. The van der Waals surface area contributed by atoms with Gasteiger partial charge >= 0.3 is 0 Å². The van der Waals surface area contributed by atoms with E-state index in [1.807, 2.05) is 45.0 Å². The van der Waals surface area contributed by atoms with Crippen LogP contribution in [-0.4, -0.2) is 44.3 Å². The van der Waals surface area contributed by atoms with Crippen molar-refractivity contribution in [3.8, 4) is 0 Å². The molecule has 3 aromatic carbocycles. The van der Waals surface area contributed by atoms with E-state index in [2.05, 4.69) is 21.2 Å². The minimum Gasteiger partial charge on any atom is -0.354 e. The average Bonchev–Trinajstić information content (AvgIpc) is 2.90. The highest BCUT2D eigenvalue weighted by Crippen LogP contribution is 2.27. The number of aryl methyl sites for hydroxylation is 2. The highest BCUT2D eigenvalue weighted by Gasteiger charge is 2.32. The maximum absolute atomic E-state index is 13.9. The molecule has 0 saturated carbocycles. The molecule has 0 aromatic heterocycles. The third kappa shape index (κ3) is 8.16. The zero-order valence-corrected chi connectivity index (χ0v) is 25.3. The number of halogens is 1. The molecule has 0 fully saturated rings. The summed E-state index contributed by atoms with van der Waals surface area (Å²) in [5.74, 6) is -0.759. The lowest BCUT2D eigenvalue weighted by molar-refractivity contribution is -0.139. The standard InChI is InChI=1S/C30H36BrN3O4S/c1-5-6-17-32-30(36)24(4)33(20-25-10-7-9-23(3)18-25)29(35)21-34(27-12-8-11-26(31)19-27)39(37,38)28-15-13-22(2)14-16-28/h7-16,18-19,24H,5-6,17,20-21H2,1-4H3,(H,32,36)/t24-/m1/s1. The third-order valence-corrected chi connectivity index (χ3v) is 8.70. The van der Waals surface area contributed by atoms with E-state index < -0.39 is 28.5 Å². The summed E-state index contributed by atoms with van der Waals surface area (Å²) in [6.45, 7) is 7.76. The lowest BCUT2D eigenvalue weighted by Crippen LogP contribution is -2.51. The zero-order chi connectivity index (χ0) is 28.6. The second-order valence-corrected chi connectivity index (χ2v) is 12.4. The normalized spacial score (nSPS) is 12.0. The highest BCUT2D eigenvalue weighted by molar-refractivity contribution is 9.10. The van der Waals surface area contributed by atoms with E-state index in [1.165, 1.54) is 17.0 Å². The van der Waals surface area contributed by atoms with Gasteiger partial charge < -0.3 is 10.2 Å². The molecule has 0 spiro atoms. The molecule has 0 unspecified atom stereocenters. The van der Waals surface area contributed by atoms with Crippen LogP contribution in [0.25, 0.3) is 0 Å². The van der Waals surface area contributed by atoms with Gasteiger partial charge in [-0.2, -0.15) is 0 Å². The van der Waals surface area contributed by atoms with Crippen LogP contribution in [0.2, 0.25) is 0 Å². The minimum absolute atomic E-state index is 0.0801. The van der Waals surface area contributed by atoms with Crippen LogP contribution in [0.1, 0.15) is 43.4 Å². The van der Waals surface area contributed by atoms with Crippen LogP contribution < -0.4 is 9.62 Å². The number of nitrogens with one attached hydrogen (secondary N) is 1. The molecule has 0 aliphatic carbocycles. The van der Waals surface area contributed by atoms with Gasteiger partial charge in [-0.1, -0.05) is 82.9 Å². The van der Waals surface area contributed by atoms with E-state index >= 15 is 0 Å². The number of hydrogen-bond acceptors (Lipinski definition) is 4. The molecular formula is C30H36BrN3O4S. The Bertz CT molecular complexity index is 1390. The predicted octanol–water partition coefficient (Wildman–Crippen LogP) is 5.59. The quantitative estimate of drug-likeness (QED) is 0.270. The van der Waals surface area contributed by atoms with Crippen molar-refractivity contribution in [2.75, 3.05) is 17.4 Å². The van der Waals surface area contributed by atoms with Gasteiger partial charge in [0.05, 0.1) is 10.6 Å². The van der Waals surface area contributed by atoms with Gasteiger partial charge in [-0.05, 0) is 63.1 Å². The largest absolute Gasteiger partial charge is 0.354 e. The van der Waals surface area contributed by atoms with Crippen LogP contribution in [0, 0.1) is 13.8 Å². The fourth-order valence-electron chi connectivity index (χ4n) is 4.12. The Balaban J connectivity index is 2.00. The predicted molar refractivity (Wildman–Crippen MR) is 159 cm³/mol. The topological polar surface area (TPSA) is 86.8 Å². The highest BCUT2D eigenvalue weighted by atomic mass is 79.9. The van der Waals surface area contributed by atoms with Gasteiger partial charge in [0, 0.05) is 17.6 Å². The summed E-state index contributed by atoms with van der Waals surface area (Å²) < 4.78 is 29.5. The van der Waals surface area contributed by atoms with Gasteiger partial charge in [0.15, 0.2) is 0 Å². The number of carbonyl (C=O) groups excluding carboxylic acids is 2. The third-order valence-electron chi connectivity index (χ3n) is 6.42. The molecule has 7 nitrogen and oxygen atoms in total. The van der Waals surface area contributed by atoms with Crippen LogP contribution >= 0.6 is 15.9 Å². The lowest BCUT2D eigenvalue weighted by atomic mass is 10.1. The Morgan fingerprint density at radius 3 is 2.28 bits per heavy atom. The Hall–Kier alpha value is -3.17. The van der Waals surface area contributed by atoms with E-state index in [9.17, 15) is 18.0 Å². The summed E-state index contributed by atoms with van der Waals surface area (Å²) in [5.41, 5.74) is 3.14. The second kappa shape index (κ2) is 13.8. The van der Waals surface area contributed by atoms with Gasteiger partial charge in [-0.15, -0.1) is 0 Å². The molecule has 3 rings (SSSR count). The van der Waals surface area contributed by atoms with Crippen molar-refractivity contribution in [2.24, 2.45) is 0 Å². The molecular weight excluding hydrogens is 578 g/mol. The van der Waals surface area contributed by atoms with Crippen LogP contribution in [0.3, 0.4) is 0 Å². The van der Waals surface area contributed by atoms with Crippen molar-refractivity contribution in [2.45, 2.75) is 58.0 Å². The number of rotatable bonds is 12. The van der Waals surface area contributed by atoms with Crippen LogP contribution in [0.4, 0.5) is 5.69 Å². The number of amides is 2. The van der Waals surface area contributed by atoms with Gasteiger partial charge in [0.1, 0.15) is 12.6 Å². The van der Waals surface area contributed by atoms with Crippen molar-refractivity contribution in [3.63, 3.8) is 0 Å². The Morgan fingerprint density at radius 2 is 1.64 bits per heavy atom. The summed E-state index contributed by atoms with van der Waals surface area (Å²) >= 11 is 3.41. The molecule has 1 N–H and O–H groups in total. The van der Waals surface area contributed by atoms with Crippen LogP contribution in [-0.2, 0) is 26.2 Å². The first-order valence-corrected chi connectivity index (χ1v) is 15.2. The number of benzene rings is 3. The number of hydrogen-bond donors (Lipinski definition) is 1. The number of nitrogens with zero attached hydrogens (tertiary/aromatic N) is 2. The zero-order valence-electron chi connectivity index (χ0n) is 22.9. The van der Waals surface area contributed by atoms with Gasteiger partial charge in [0.25, 0.3) is 10.0 Å². The van der Waals surface area contributed by atoms with Crippen LogP contribution in [0.15, 0.2) is 82.2 Å². The van der Waals surface area contributed by atoms with Gasteiger partial charge in [-0.25, -0.2) is 8.42 Å². The van der Waals surface area contributed by atoms with E-state index in [0.717, 1.165) is 33.8 Å². The molecule has 39 heavy (non-hydrogen) atoms. The smallest absolute Gasteiger partial charge is 0.264 e. The van der Waals surface area contributed by atoms with E-state index in [0.29, 0.717) is 16.7 Å². The van der Waals surface area contributed by atoms with Crippen molar-refractivity contribution in [1.29, 1.82) is 0 Å². The molecule has 0 aliphatic rings. The van der Waals surface area contributed by atoms with E-state index in [4.69, 9.17) is 0 Å². The SMILES string of the molecule is CCCCNC(=O)[C@@H](C)N(Cc1cccc(C)c1)C(=O)CN(c1cccc(Br)c1)S(=O)(=O)c1ccc(C)cc1. The van der Waals surface area contributed by atoms with E-state index in [1.54, 1.807) is 43.3 Å². The number of anilines is 1. The minimum atomic E-state index is -4.09. The van der Waals surface area contributed by atoms with Gasteiger partial charge in [0.2, 0.25) is 11.8 Å². The molecule has 0 saturated heterocycles. The molecule has 0 heterocycles. The molecule has 0 aliphatic heterocycles. The molecule has 0 bridgehead atoms. The molecule has 0 radical (unpaired) electrons. The first-order valence-electron chi connectivity index (χ1n) is 13.0.